The Kier molecular flexibility index (Phi) is 4.84. The first-order chi connectivity index (χ1) is 12.9. The van der Waals surface area contributed by atoms with Crippen molar-refractivity contribution in [2.75, 3.05) is 24.5 Å². The summed E-state index contributed by atoms with van der Waals surface area (Å²) >= 11 is 0. The normalized spacial score (nSPS) is 24.7. The predicted octanol–water partition coefficient (Wildman–Crippen LogP) is 3.28. The quantitative estimate of drug-likeness (QED) is 0.875. The summed E-state index contributed by atoms with van der Waals surface area (Å²) in [5.41, 5.74) is 2.20. The number of hydrogen-bond acceptors (Lipinski definition) is 5. The monoisotopic (exact) mass is 370 g/mol. The van der Waals surface area contributed by atoms with Gasteiger partial charge in [0.2, 0.25) is 0 Å². The van der Waals surface area contributed by atoms with Crippen molar-refractivity contribution in [2.24, 2.45) is 5.92 Å². The molecule has 6 nitrogen and oxygen atoms in total. The minimum atomic E-state index is -0.0859. The standard InChI is InChI=1S/C21H30N4O2/c1-13(2)25(14(3)4)19-12-27-20-9-22-18(8-17(19)20)21(26)23-16-7-15-5-6-24(10-15)11-16/h8-9,12-16H,5-7,10-11H2,1-4H3,(H,23,26). The van der Waals surface area contributed by atoms with Crippen LogP contribution >= 0.6 is 0 Å². The van der Waals surface area contributed by atoms with Crippen LogP contribution in [0.1, 0.15) is 51.0 Å². The molecule has 2 fully saturated rings. The van der Waals surface area contributed by atoms with Gasteiger partial charge in [-0.05, 0) is 59.1 Å². The third-order valence-electron chi connectivity index (χ3n) is 5.87. The minimum Gasteiger partial charge on any atom is -0.460 e. The zero-order valence-corrected chi connectivity index (χ0v) is 16.7. The van der Waals surface area contributed by atoms with Crippen LogP contribution in [0.15, 0.2) is 22.9 Å². The number of aromatic nitrogens is 1. The molecule has 0 saturated carbocycles. The van der Waals surface area contributed by atoms with Crippen LogP contribution in [0.25, 0.3) is 11.0 Å². The maximum absolute atomic E-state index is 12.8. The van der Waals surface area contributed by atoms with Gasteiger partial charge in [-0.25, -0.2) is 4.98 Å². The molecular weight excluding hydrogens is 340 g/mol. The second-order valence-corrected chi connectivity index (χ2v) is 8.60. The molecule has 3 unspecified atom stereocenters. The summed E-state index contributed by atoms with van der Waals surface area (Å²) in [5, 5.41) is 4.15. The van der Waals surface area contributed by atoms with E-state index in [2.05, 4.69) is 47.8 Å². The van der Waals surface area contributed by atoms with Crippen LogP contribution in [0, 0.1) is 5.92 Å². The molecule has 3 atom stereocenters. The molecule has 0 spiro atoms. The molecule has 1 N–H and O–H groups in total. The van der Waals surface area contributed by atoms with Gasteiger partial charge in [-0.1, -0.05) is 0 Å². The third kappa shape index (κ3) is 3.55. The third-order valence-corrected chi connectivity index (χ3v) is 5.87. The van der Waals surface area contributed by atoms with Gasteiger partial charge in [0.15, 0.2) is 5.58 Å². The second kappa shape index (κ2) is 7.15. The van der Waals surface area contributed by atoms with Crippen molar-refractivity contribution < 1.29 is 9.21 Å². The Morgan fingerprint density at radius 1 is 1.30 bits per heavy atom. The van der Waals surface area contributed by atoms with E-state index in [-0.39, 0.29) is 11.9 Å². The average molecular weight is 370 g/mol. The predicted molar refractivity (Wildman–Crippen MR) is 107 cm³/mol. The number of hydrogen-bond donors (Lipinski definition) is 1. The fraction of sp³-hybridized carbons (Fsp3) is 0.619. The lowest BCUT2D eigenvalue weighted by atomic mass is 9.97. The molecule has 0 radical (unpaired) electrons. The maximum atomic E-state index is 12.8. The summed E-state index contributed by atoms with van der Waals surface area (Å²) in [6.45, 7) is 12.0. The number of pyridine rings is 1. The summed E-state index contributed by atoms with van der Waals surface area (Å²) < 4.78 is 5.71. The summed E-state index contributed by atoms with van der Waals surface area (Å²) in [5.74, 6) is 0.641. The summed E-state index contributed by atoms with van der Waals surface area (Å²) in [6.07, 6.45) is 5.78. The van der Waals surface area contributed by atoms with E-state index < -0.39 is 0 Å². The zero-order valence-electron chi connectivity index (χ0n) is 16.7. The first-order valence-electron chi connectivity index (χ1n) is 10.1. The van der Waals surface area contributed by atoms with Gasteiger partial charge in [0.1, 0.15) is 12.0 Å². The number of fused-ring (bicyclic) bond motifs is 3. The molecule has 27 heavy (non-hydrogen) atoms. The Morgan fingerprint density at radius 2 is 2.07 bits per heavy atom. The van der Waals surface area contributed by atoms with Gasteiger partial charge in [0.25, 0.3) is 5.91 Å². The number of amides is 1. The highest BCUT2D eigenvalue weighted by Crippen LogP contribution is 2.32. The van der Waals surface area contributed by atoms with Gasteiger partial charge in [-0.3, -0.25) is 4.79 Å². The van der Waals surface area contributed by atoms with Crippen LogP contribution in [0.5, 0.6) is 0 Å². The van der Waals surface area contributed by atoms with Gasteiger partial charge in [0, 0.05) is 36.6 Å². The average Bonchev–Trinajstić information content (AvgIpc) is 3.17. The number of piperidine rings is 1. The Bertz CT molecular complexity index is 809. The van der Waals surface area contributed by atoms with Crippen molar-refractivity contribution in [3.63, 3.8) is 0 Å². The lowest BCUT2D eigenvalue weighted by Gasteiger charge is -2.32. The summed E-state index contributed by atoms with van der Waals surface area (Å²) in [6, 6.07) is 2.77. The number of anilines is 1. The molecule has 1 amide bonds. The van der Waals surface area contributed by atoms with Crippen molar-refractivity contribution in [2.45, 2.75) is 58.7 Å². The Hall–Kier alpha value is -2.08. The fourth-order valence-corrected chi connectivity index (χ4v) is 4.82. The molecule has 2 saturated heterocycles. The highest BCUT2D eigenvalue weighted by molar-refractivity contribution is 5.99. The molecule has 2 aliphatic heterocycles. The van der Waals surface area contributed by atoms with E-state index >= 15 is 0 Å². The van der Waals surface area contributed by atoms with Gasteiger partial charge in [-0.2, -0.15) is 0 Å². The minimum absolute atomic E-state index is 0.0859. The first kappa shape index (κ1) is 18.3. The number of nitrogens with zero attached hydrogens (tertiary/aromatic N) is 3. The Morgan fingerprint density at radius 3 is 2.78 bits per heavy atom. The highest BCUT2D eigenvalue weighted by Gasteiger charge is 2.33. The molecule has 2 bridgehead atoms. The molecule has 0 aromatic carbocycles. The number of furan rings is 1. The lowest BCUT2D eigenvalue weighted by molar-refractivity contribution is 0.0904. The molecule has 2 aliphatic rings. The number of rotatable bonds is 5. The maximum Gasteiger partial charge on any atom is 0.270 e. The van der Waals surface area contributed by atoms with E-state index in [0.717, 1.165) is 35.5 Å². The lowest BCUT2D eigenvalue weighted by Crippen LogP contribution is -2.47. The first-order valence-corrected chi connectivity index (χ1v) is 10.1. The van der Waals surface area contributed by atoms with Crippen LogP contribution in [-0.2, 0) is 0 Å². The van der Waals surface area contributed by atoms with Crippen LogP contribution in [-0.4, -0.2) is 53.6 Å². The van der Waals surface area contributed by atoms with Gasteiger partial charge >= 0.3 is 0 Å². The van der Waals surface area contributed by atoms with E-state index in [1.807, 2.05) is 6.07 Å². The van der Waals surface area contributed by atoms with Crippen molar-refractivity contribution >= 4 is 22.6 Å². The smallest absolute Gasteiger partial charge is 0.270 e. The van der Waals surface area contributed by atoms with E-state index in [1.165, 1.54) is 19.5 Å². The summed E-state index contributed by atoms with van der Waals surface area (Å²) in [4.78, 5) is 21.9. The summed E-state index contributed by atoms with van der Waals surface area (Å²) in [7, 11) is 0. The van der Waals surface area contributed by atoms with Crippen LogP contribution < -0.4 is 10.2 Å². The second-order valence-electron chi connectivity index (χ2n) is 8.60. The van der Waals surface area contributed by atoms with Gasteiger partial charge in [0.05, 0.1) is 11.9 Å². The van der Waals surface area contributed by atoms with Crippen LogP contribution in [0.4, 0.5) is 5.69 Å². The van der Waals surface area contributed by atoms with Gasteiger partial charge in [-0.15, -0.1) is 0 Å². The highest BCUT2D eigenvalue weighted by atomic mass is 16.3. The molecule has 4 rings (SSSR count). The molecule has 0 aliphatic carbocycles. The van der Waals surface area contributed by atoms with E-state index in [9.17, 15) is 4.79 Å². The van der Waals surface area contributed by atoms with Crippen molar-refractivity contribution in [1.29, 1.82) is 0 Å². The van der Waals surface area contributed by atoms with E-state index in [4.69, 9.17) is 4.42 Å². The topological polar surface area (TPSA) is 61.6 Å². The Labute approximate surface area is 160 Å². The molecular formula is C21H30N4O2. The van der Waals surface area contributed by atoms with Crippen molar-refractivity contribution in [1.82, 2.24) is 15.2 Å². The molecule has 6 heteroatoms. The van der Waals surface area contributed by atoms with Crippen molar-refractivity contribution in [3.8, 4) is 0 Å². The molecule has 2 aromatic heterocycles. The van der Waals surface area contributed by atoms with Gasteiger partial charge < -0.3 is 19.5 Å². The largest absolute Gasteiger partial charge is 0.460 e. The number of nitrogens with one attached hydrogen (secondary N) is 1. The van der Waals surface area contributed by atoms with Crippen LogP contribution in [0.2, 0.25) is 0 Å². The Balaban J connectivity index is 1.57. The zero-order chi connectivity index (χ0) is 19.1. The molecule has 146 valence electrons. The molecule has 2 aromatic rings. The SMILES string of the molecule is CC(C)N(c1coc2cnc(C(=O)NC3CC4CCN(C4)C3)cc12)C(C)C. The van der Waals surface area contributed by atoms with E-state index in [0.29, 0.717) is 17.8 Å². The number of carbonyl (C=O) groups excluding carboxylic acids is 1. The van der Waals surface area contributed by atoms with E-state index in [1.54, 1.807) is 12.5 Å². The molecule has 4 heterocycles. The van der Waals surface area contributed by atoms with Crippen LogP contribution in [0.3, 0.4) is 0 Å². The fourth-order valence-electron chi connectivity index (χ4n) is 4.82. The number of carbonyl (C=O) groups is 1. The van der Waals surface area contributed by atoms with Crippen molar-refractivity contribution in [3.05, 3.63) is 24.2 Å².